The Kier molecular flexibility index (Phi) is 2.17. The highest BCUT2D eigenvalue weighted by Crippen LogP contribution is 2.51. The van der Waals surface area contributed by atoms with Gasteiger partial charge < -0.3 is 20.1 Å². The second kappa shape index (κ2) is 3.01. The van der Waals surface area contributed by atoms with Crippen molar-refractivity contribution in [3.8, 4) is 0 Å². The summed E-state index contributed by atoms with van der Waals surface area (Å²) in [5.41, 5.74) is 0.414. The first-order chi connectivity index (χ1) is 6.52. The molecule has 3 N–H and O–H groups in total. The molecule has 14 heavy (non-hydrogen) atoms. The van der Waals surface area contributed by atoms with Crippen LogP contribution in [0.25, 0.3) is 0 Å². The molecule has 1 fully saturated rings. The summed E-state index contributed by atoms with van der Waals surface area (Å²) in [7, 11) is 0. The van der Waals surface area contributed by atoms with Crippen LogP contribution in [0.15, 0.2) is 28.7 Å². The molecule has 1 aliphatic rings. The van der Waals surface area contributed by atoms with Crippen LogP contribution in [0.3, 0.4) is 0 Å². The summed E-state index contributed by atoms with van der Waals surface area (Å²) < 4.78 is 5.57. The average molecular weight is 261 g/mol. The van der Waals surface area contributed by atoms with Crippen LogP contribution in [-0.2, 0) is 10.5 Å². The number of halogens is 1. The Balaban J connectivity index is 2.30. The first kappa shape index (κ1) is 10.1. The van der Waals surface area contributed by atoms with Crippen LogP contribution in [-0.4, -0.2) is 27.7 Å². The van der Waals surface area contributed by atoms with Gasteiger partial charge in [0, 0.05) is 10.0 Å². The molecule has 4 nitrogen and oxygen atoms in total. The zero-order valence-corrected chi connectivity index (χ0v) is 8.73. The molecule has 0 aromatic heterocycles. The monoisotopic (exact) mass is 260 g/mol. The molecule has 76 valence electrons. The van der Waals surface area contributed by atoms with Gasteiger partial charge in [-0.2, -0.15) is 0 Å². The molecule has 0 saturated carbocycles. The predicted octanol–water partition coefficient (Wildman–Crippen LogP) is 0.305. The Morgan fingerprint density at radius 1 is 1.21 bits per heavy atom. The summed E-state index contributed by atoms with van der Waals surface area (Å²) in [5, 5.41) is 28.0. The lowest BCUT2D eigenvalue weighted by molar-refractivity contribution is -0.0236. The Labute approximate surface area is 88.9 Å². The van der Waals surface area contributed by atoms with Crippen LogP contribution in [0.1, 0.15) is 5.56 Å². The topological polar surface area (TPSA) is 73.2 Å². The van der Waals surface area contributed by atoms with E-state index in [1.807, 2.05) is 0 Å². The number of rotatable bonds is 2. The Bertz CT molecular complexity index is 352. The summed E-state index contributed by atoms with van der Waals surface area (Å²) in [6.45, 7) is -0.639. The summed E-state index contributed by atoms with van der Waals surface area (Å²) in [4.78, 5) is 0. The molecular weight excluding hydrogens is 252 g/mol. The average Bonchev–Trinajstić information content (AvgIpc) is 2.73. The number of aliphatic hydroxyl groups excluding tert-OH is 1. The maximum Gasteiger partial charge on any atom is 0.253 e. The molecule has 0 bridgehead atoms. The second-order valence-electron chi connectivity index (χ2n) is 3.20. The quantitative estimate of drug-likeness (QED) is 0.670. The molecule has 0 spiro atoms. The van der Waals surface area contributed by atoms with E-state index >= 15 is 0 Å². The Hall–Kier alpha value is -0.460. The van der Waals surface area contributed by atoms with Gasteiger partial charge in [0.25, 0.3) is 11.6 Å². The minimum atomic E-state index is -1.86. The first-order valence-corrected chi connectivity index (χ1v) is 4.83. The standard InChI is InChI=1S/C9H9BrO4/c10-7-3-1-6(2-4-7)9(13)8(12,5-11)14-9/h1-4,11-13H,5H2. The fourth-order valence-corrected chi connectivity index (χ4v) is 1.58. The van der Waals surface area contributed by atoms with Crippen LogP contribution < -0.4 is 0 Å². The van der Waals surface area contributed by atoms with Gasteiger partial charge in [-0.25, -0.2) is 0 Å². The third-order valence-corrected chi connectivity index (χ3v) is 2.78. The van der Waals surface area contributed by atoms with Crippen molar-refractivity contribution in [1.82, 2.24) is 0 Å². The molecule has 2 unspecified atom stereocenters. The predicted molar refractivity (Wildman–Crippen MR) is 51.2 cm³/mol. The normalized spacial score (nSPS) is 35.7. The molecule has 2 atom stereocenters. The molecule has 1 aliphatic heterocycles. The number of hydrogen-bond acceptors (Lipinski definition) is 4. The van der Waals surface area contributed by atoms with Gasteiger partial charge in [-0.15, -0.1) is 0 Å². The molecule has 2 rings (SSSR count). The van der Waals surface area contributed by atoms with Crippen molar-refractivity contribution in [3.05, 3.63) is 34.3 Å². The van der Waals surface area contributed by atoms with Gasteiger partial charge in [0.1, 0.15) is 6.61 Å². The van der Waals surface area contributed by atoms with E-state index in [4.69, 9.17) is 9.84 Å². The summed E-state index contributed by atoms with van der Waals surface area (Å²) in [6, 6.07) is 6.65. The van der Waals surface area contributed by atoms with Crippen molar-refractivity contribution in [1.29, 1.82) is 0 Å². The molecule has 0 amide bonds. The Morgan fingerprint density at radius 2 is 1.79 bits per heavy atom. The molecule has 1 heterocycles. The van der Waals surface area contributed by atoms with Crippen LogP contribution >= 0.6 is 15.9 Å². The van der Waals surface area contributed by atoms with Crippen molar-refractivity contribution in [3.63, 3.8) is 0 Å². The van der Waals surface area contributed by atoms with E-state index in [1.165, 1.54) is 0 Å². The van der Waals surface area contributed by atoms with Crippen molar-refractivity contribution in [2.24, 2.45) is 0 Å². The number of benzene rings is 1. The molecule has 1 saturated heterocycles. The summed E-state index contributed by atoms with van der Waals surface area (Å²) in [5.74, 6) is -3.64. The fraction of sp³-hybridized carbons (Fsp3) is 0.333. The minimum absolute atomic E-state index is 0.414. The van der Waals surface area contributed by atoms with E-state index in [0.717, 1.165) is 4.47 Å². The van der Waals surface area contributed by atoms with Crippen LogP contribution in [0.4, 0.5) is 0 Å². The SMILES string of the molecule is OCC1(O)OC1(O)c1ccc(Br)cc1. The van der Waals surface area contributed by atoms with Crippen molar-refractivity contribution in [2.45, 2.75) is 11.6 Å². The van der Waals surface area contributed by atoms with E-state index in [2.05, 4.69) is 15.9 Å². The molecule has 0 radical (unpaired) electrons. The zero-order valence-electron chi connectivity index (χ0n) is 7.14. The minimum Gasteiger partial charge on any atom is -0.391 e. The third kappa shape index (κ3) is 1.29. The summed E-state index contributed by atoms with van der Waals surface area (Å²) in [6.07, 6.45) is 0. The molecule has 1 aromatic rings. The fourth-order valence-electron chi connectivity index (χ4n) is 1.32. The maximum atomic E-state index is 9.76. The Morgan fingerprint density at radius 3 is 2.21 bits per heavy atom. The highest BCUT2D eigenvalue weighted by molar-refractivity contribution is 9.10. The smallest absolute Gasteiger partial charge is 0.253 e. The van der Waals surface area contributed by atoms with Gasteiger partial charge in [-0.1, -0.05) is 28.1 Å². The molecular formula is C9H9BrO4. The van der Waals surface area contributed by atoms with E-state index in [-0.39, 0.29) is 0 Å². The van der Waals surface area contributed by atoms with Gasteiger partial charge in [0.15, 0.2) is 0 Å². The van der Waals surface area contributed by atoms with E-state index in [1.54, 1.807) is 24.3 Å². The zero-order chi connectivity index (χ0) is 10.4. The van der Waals surface area contributed by atoms with Gasteiger partial charge in [-0.05, 0) is 12.1 Å². The van der Waals surface area contributed by atoms with Crippen molar-refractivity contribution >= 4 is 15.9 Å². The number of aliphatic hydroxyl groups is 3. The maximum absolute atomic E-state index is 9.76. The largest absolute Gasteiger partial charge is 0.391 e. The van der Waals surface area contributed by atoms with Gasteiger partial charge in [0.05, 0.1) is 0 Å². The lowest BCUT2D eigenvalue weighted by atomic mass is 10.1. The van der Waals surface area contributed by atoms with E-state index < -0.39 is 18.2 Å². The highest BCUT2D eigenvalue weighted by atomic mass is 79.9. The van der Waals surface area contributed by atoms with Gasteiger partial charge in [-0.3, -0.25) is 0 Å². The van der Waals surface area contributed by atoms with Gasteiger partial charge >= 0.3 is 0 Å². The van der Waals surface area contributed by atoms with Crippen LogP contribution in [0, 0.1) is 0 Å². The molecule has 5 heteroatoms. The van der Waals surface area contributed by atoms with Crippen molar-refractivity contribution < 1.29 is 20.1 Å². The van der Waals surface area contributed by atoms with Gasteiger partial charge in [0.2, 0.25) is 0 Å². The second-order valence-corrected chi connectivity index (χ2v) is 4.11. The molecule has 0 aliphatic carbocycles. The highest BCUT2D eigenvalue weighted by Gasteiger charge is 2.70. The van der Waals surface area contributed by atoms with Crippen LogP contribution in [0.2, 0.25) is 0 Å². The third-order valence-electron chi connectivity index (χ3n) is 2.25. The lowest BCUT2D eigenvalue weighted by Crippen LogP contribution is -2.27. The number of epoxide rings is 1. The molecule has 1 aromatic carbocycles. The van der Waals surface area contributed by atoms with E-state index in [9.17, 15) is 10.2 Å². The van der Waals surface area contributed by atoms with Crippen LogP contribution in [0.5, 0.6) is 0 Å². The lowest BCUT2D eigenvalue weighted by Gasteiger charge is -2.08. The number of hydrogen-bond donors (Lipinski definition) is 3. The first-order valence-electron chi connectivity index (χ1n) is 4.04. The van der Waals surface area contributed by atoms with Crippen molar-refractivity contribution in [2.75, 3.05) is 6.61 Å². The summed E-state index contributed by atoms with van der Waals surface area (Å²) >= 11 is 3.24. The number of ether oxygens (including phenoxy) is 1. The van der Waals surface area contributed by atoms with E-state index in [0.29, 0.717) is 5.56 Å².